The highest BCUT2D eigenvalue weighted by molar-refractivity contribution is 5.47. The number of ether oxygens (including phenoxy) is 1. The summed E-state index contributed by atoms with van der Waals surface area (Å²) in [5.41, 5.74) is 1.93. The number of phenolic OH excluding ortho intramolecular Hbond substituents is 1. The summed E-state index contributed by atoms with van der Waals surface area (Å²) in [4.78, 5) is 4.12. The second kappa shape index (κ2) is 5.21. The van der Waals surface area contributed by atoms with E-state index in [0.29, 0.717) is 12.4 Å². The fourth-order valence-electron chi connectivity index (χ4n) is 1.46. The van der Waals surface area contributed by atoms with Crippen LogP contribution in [0.3, 0.4) is 0 Å². The second-order valence-electron chi connectivity index (χ2n) is 3.61. The molecule has 0 radical (unpaired) electrons. The highest BCUT2D eigenvalue weighted by atomic mass is 16.5. The molecule has 0 aliphatic carbocycles. The third-order valence-electron chi connectivity index (χ3n) is 2.35. The van der Waals surface area contributed by atoms with E-state index in [1.54, 1.807) is 31.5 Å². The summed E-state index contributed by atoms with van der Waals surface area (Å²) in [6.45, 7) is 0.653. The number of anilines is 1. The quantitative estimate of drug-likeness (QED) is 0.846. The molecule has 1 aromatic carbocycles. The Morgan fingerprint density at radius 2 is 2.18 bits per heavy atom. The number of aromatic nitrogens is 1. The van der Waals surface area contributed by atoms with Gasteiger partial charge in [0, 0.05) is 30.6 Å². The van der Waals surface area contributed by atoms with Crippen molar-refractivity contribution in [2.75, 3.05) is 12.4 Å². The minimum Gasteiger partial charge on any atom is -0.508 e. The Kier molecular flexibility index (Phi) is 3.45. The molecule has 1 aromatic heterocycles. The van der Waals surface area contributed by atoms with Crippen LogP contribution in [0, 0.1) is 0 Å². The van der Waals surface area contributed by atoms with Crippen molar-refractivity contribution in [3.63, 3.8) is 0 Å². The van der Waals surface area contributed by atoms with E-state index in [-0.39, 0.29) is 5.75 Å². The highest BCUT2D eigenvalue weighted by Crippen LogP contribution is 2.16. The molecule has 0 spiro atoms. The van der Waals surface area contributed by atoms with E-state index in [0.717, 1.165) is 11.3 Å². The molecule has 4 heteroatoms. The maximum Gasteiger partial charge on any atom is 0.212 e. The van der Waals surface area contributed by atoms with Crippen LogP contribution in [-0.4, -0.2) is 17.2 Å². The van der Waals surface area contributed by atoms with Crippen LogP contribution in [-0.2, 0) is 6.54 Å². The van der Waals surface area contributed by atoms with Gasteiger partial charge in [0.15, 0.2) is 0 Å². The van der Waals surface area contributed by atoms with Crippen molar-refractivity contribution in [3.8, 4) is 11.6 Å². The van der Waals surface area contributed by atoms with Crippen LogP contribution in [0.2, 0.25) is 0 Å². The van der Waals surface area contributed by atoms with Gasteiger partial charge in [0.05, 0.1) is 7.11 Å². The molecular formula is C13H14N2O2. The lowest BCUT2D eigenvalue weighted by Crippen LogP contribution is -1.99. The molecule has 2 aromatic rings. The number of benzene rings is 1. The Hall–Kier alpha value is -2.23. The van der Waals surface area contributed by atoms with Crippen molar-refractivity contribution >= 4 is 5.69 Å². The largest absolute Gasteiger partial charge is 0.508 e. The standard InChI is InChI=1S/C13H14N2O2/c1-17-13-6-5-10(9-15-13)8-14-11-3-2-4-12(16)7-11/h2-7,9,14,16H,8H2,1H3. The number of hydrogen-bond acceptors (Lipinski definition) is 4. The van der Waals surface area contributed by atoms with Gasteiger partial charge in [-0.05, 0) is 17.7 Å². The maximum atomic E-state index is 9.31. The molecule has 0 saturated carbocycles. The molecule has 17 heavy (non-hydrogen) atoms. The van der Waals surface area contributed by atoms with Gasteiger partial charge in [-0.25, -0.2) is 4.98 Å². The Morgan fingerprint density at radius 3 is 2.82 bits per heavy atom. The summed E-state index contributed by atoms with van der Waals surface area (Å²) < 4.78 is 4.98. The SMILES string of the molecule is COc1ccc(CNc2cccc(O)c2)cn1. The zero-order chi connectivity index (χ0) is 12.1. The number of nitrogens with one attached hydrogen (secondary N) is 1. The Morgan fingerprint density at radius 1 is 1.29 bits per heavy atom. The van der Waals surface area contributed by atoms with Crippen LogP contribution in [0.4, 0.5) is 5.69 Å². The smallest absolute Gasteiger partial charge is 0.212 e. The lowest BCUT2D eigenvalue weighted by atomic mass is 10.2. The number of hydrogen-bond donors (Lipinski definition) is 2. The topological polar surface area (TPSA) is 54.4 Å². The summed E-state index contributed by atoms with van der Waals surface area (Å²) in [6, 6.07) is 10.8. The van der Waals surface area contributed by atoms with Gasteiger partial charge >= 0.3 is 0 Å². The normalized spacial score (nSPS) is 9.94. The Labute approximate surface area is 99.9 Å². The summed E-state index contributed by atoms with van der Waals surface area (Å²) >= 11 is 0. The molecule has 2 rings (SSSR count). The zero-order valence-electron chi connectivity index (χ0n) is 9.55. The minimum atomic E-state index is 0.253. The molecule has 0 fully saturated rings. The first-order valence-electron chi connectivity index (χ1n) is 5.30. The van der Waals surface area contributed by atoms with Crippen molar-refractivity contribution in [2.24, 2.45) is 0 Å². The summed E-state index contributed by atoms with van der Waals surface area (Å²) in [7, 11) is 1.59. The van der Waals surface area contributed by atoms with E-state index >= 15 is 0 Å². The zero-order valence-corrected chi connectivity index (χ0v) is 9.55. The molecule has 0 aliphatic rings. The van der Waals surface area contributed by atoms with E-state index in [4.69, 9.17) is 4.74 Å². The maximum absolute atomic E-state index is 9.31. The van der Waals surface area contributed by atoms with Crippen molar-refractivity contribution in [2.45, 2.75) is 6.54 Å². The summed E-state index contributed by atoms with van der Waals surface area (Å²) in [6.07, 6.45) is 1.76. The molecule has 0 atom stereocenters. The first kappa shape index (κ1) is 11.3. The van der Waals surface area contributed by atoms with Crippen LogP contribution >= 0.6 is 0 Å². The van der Waals surface area contributed by atoms with Crippen molar-refractivity contribution in [3.05, 3.63) is 48.2 Å². The Bertz CT molecular complexity index is 483. The molecule has 4 nitrogen and oxygen atoms in total. The first-order chi connectivity index (χ1) is 8.28. The van der Waals surface area contributed by atoms with Gasteiger partial charge in [0.25, 0.3) is 0 Å². The third-order valence-corrected chi connectivity index (χ3v) is 2.35. The molecule has 0 bridgehead atoms. The highest BCUT2D eigenvalue weighted by Gasteiger charge is 1.97. The van der Waals surface area contributed by atoms with E-state index in [2.05, 4.69) is 10.3 Å². The molecule has 0 aliphatic heterocycles. The van der Waals surface area contributed by atoms with E-state index < -0.39 is 0 Å². The van der Waals surface area contributed by atoms with Gasteiger partial charge < -0.3 is 15.2 Å². The van der Waals surface area contributed by atoms with Gasteiger partial charge in [-0.1, -0.05) is 12.1 Å². The summed E-state index contributed by atoms with van der Waals surface area (Å²) in [5, 5.41) is 12.5. The van der Waals surface area contributed by atoms with Crippen molar-refractivity contribution < 1.29 is 9.84 Å². The number of aromatic hydroxyl groups is 1. The van der Waals surface area contributed by atoms with E-state index in [1.165, 1.54) is 0 Å². The average Bonchev–Trinajstić information content (AvgIpc) is 2.37. The van der Waals surface area contributed by atoms with Crippen LogP contribution in [0.5, 0.6) is 11.6 Å². The van der Waals surface area contributed by atoms with Gasteiger partial charge in [0.2, 0.25) is 5.88 Å². The van der Waals surface area contributed by atoms with Crippen LogP contribution in [0.25, 0.3) is 0 Å². The predicted molar refractivity (Wildman–Crippen MR) is 66.2 cm³/mol. The third kappa shape index (κ3) is 3.11. The van der Waals surface area contributed by atoms with Crippen LogP contribution in [0.1, 0.15) is 5.56 Å². The van der Waals surface area contributed by atoms with Crippen LogP contribution < -0.4 is 10.1 Å². The van der Waals surface area contributed by atoms with Gasteiger partial charge in [-0.2, -0.15) is 0 Å². The molecule has 0 unspecified atom stereocenters. The number of rotatable bonds is 4. The fourth-order valence-corrected chi connectivity index (χ4v) is 1.46. The Balaban J connectivity index is 1.97. The monoisotopic (exact) mass is 230 g/mol. The van der Waals surface area contributed by atoms with Gasteiger partial charge in [-0.15, -0.1) is 0 Å². The van der Waals surface area contributed by atoms with Crippen LogP contribution in [0.15, 0.2) is 42.6 Å². The number of phenols is 1. The van der Waals surface area contributed by atoms with Crippen molar-refractivity contribution in [1.29, 1.82) is 0 Å². The molecule has 0 amide bonds. The molecule has 88 valence electrons. The van der Waals surface area contributed by atoms with E-state index in [1.807, 2.05) is 18.2 Å². The lowest BCUT2D eigenvalue weighted by molar-refractivity contribution is 0.397. The summed E-state index contributed by atoms with van der Waals surface area (Å²) in [5.74, 6) is 0.856. The van der Waals surface area contributed by atoms with Crippen molar-refractivity contribution in [1.82, 2.24) is 4.98 Å². The second-order valence-corrected chi connectivity index (χ2v) is 3.61. The number of nitrogens with zero attached hydrogens (tertiary/aromatic N) is 1. The lowest BCUT2D eigenvalue weighted by Gasteiger charge is -2.07. The molecular weight excluding hydrogens is 216 g/mol. The minimum absolute atomic E-state index is 0.253. The first-order valence-corrected chi connectivity index (χ1v) is 5.30. The van der Waals surface area contributed by atoms with Gasteiger partial charge in [-0.3, -0.25) is 0 Å². The van der Waals surface area contributed by atoms with Gasteiger partial charge in [0.1, 0.15) is 5.75 Å². The number of methoxy groups -OCH3 is 1. The number of pyridine rings is 1. The molecule has 1 heterocycles. The fraction of sp³-hybridized carbons (Fsp3) is 0.154. The molecule has 2 N–H and O–H groups in total. The predicted octanol–water partition coefficient (Wildman–Crippen LogP) is 2.41. The van der Waals surface area contributed by atoms with E-state index in [9.17, 15) is 5.11 Å². The molecule has 0 saturated heterocycles. The average molecular weight is 230 g/mol.